The number of nitrogens with zero attached hydrogens (tertiary/aromatic N) is 1. The number of sulfone groups is 1. The summed E-state index contributed by atoms with van der Waals surface area (Å²) in [6.45, 7) is 7.05. The van der Waals surface area contributed by atoms with Crippen LogP contribution in [-0.4, -0.2) is 50.0 Å². The lowest BCUT2D eigenvalue weighted by atomic mass is 9.73. The molecule has 2 saturated heterocycles. The van der Waals surface area contributed by atoms with E-state index in [0.717, 1.165) is 25.9 Å². The Bertz CT molecular complexity index is 421. The molecule has 0 aromatic heterocycles. The Morgan fingerprint density at radius 3 is 2.15 bits per heavy atom. The van der Waals surface area contributed by atoms with Gasteiger partial charge in [0.1, 0.15) is 0 Å². The number of rotatable bonds is 4. The van der Waals surface area contributed by atoms with E-state index in [9.17, 15) is 8.42 Å². The van der Waals surface area contributed by atoms with Gasteiger partial charge in [0.25, 0.3) is 0 Å². The Hall–Kier alpha value is -0.130. The molecule has 0 aromatic rings. The van der Waals surface area contributed by atoms with Gasteiger partial charge in [0, 0.05) is 12.1 Å². The normalized spacial score (nSPS) is 34.0. The van der Waals surface area contributed by atoms with Crippen LogP contribution in [0.5, 0.6) is 0 Å². The molecule has 0 bridgehead atoms. The van der Waals surface area contributed by atoms with Crippen molar-refractivity contribution >= 4 is 9.84 Å². The molecule has 5 heteroatoms. The van der Waals surface area contributed by atoms with Crippen molar-refractivity contribution in [2.45, 2.75) is 57.9 Å². The zero-order valence-electron chi connectivity index (χ0n) is 13.0. The van der Waals surface area contributed by atoms with Gasteiger partial charge in [-0.05, 0) is 44.2 Å². The lowest BCUT2D eigenvalue weighted by Gasteiger charge is -2.51. The minimum Gasteiger partial charge on any atom is -0.329 e. The van der Waals surface area contributed by atoms with E-state index in [4.69, 9.17) is 5.73 Å². The van der Waals surface area contributed by atoms with Crippen LogP contribution in [0.25, 0.3) is 0 Å². The highest BCUT2D eigenvalue weighted by Crippen LogP contribution is 2.41. The zero-order valence-corrected chi connectivity index (χ0v) is 13.8. The van der Waals surface area contributed by atoms with Crippen molar-refractivity contribution in [3.63, 3.8) is 0 Å². The van der Waals surface area contributed by atoms with Crippen molar-refractivity contribution in [1.82, 2.24) is 4.90 Å². The molecule has 2 aliphatic heterocycles. The summed E-state index contributed by atoms with van der Waals surface area (Å²) in [4.78, 5) is 2.40. The first-order valence-corrected chi connectivity index (χ1v) is 9.89. The molecule has 118 valence electrons. The molecule has 2 fully saturated rings. The van der Waals surface area contributed by atoms with E-state index in [1.165, 1.54) is 25.7 Å². The third kappa shape index (κ3) is 3.04. The number of nitrogens with two attached hydrogens (primary N) is 1. The lowest BCUT2D eigenvalue weighted by molar-refractivity contribution is 0.0204. The van der Waals surface area contributed by atoms with Crippen LogP contribution in [0.1, 0.15) is 52.4 Å². The molecule has 2 heterocycles. The van der Waals surface area contributed by atoms with Crippen molar-refractivity contribution in [3.8, 4) is 0 Å². The van der Waals surface area contributed by atoms with E-state index >= 15 is 0 Å². The Morgan fingerprint density at radius 1 is 1.10 bits per heavy atom. The Morgan fingerprint density at radius 2 is 1.70 bits per heavy atom. The van der Waals surface area contributed by atoms with Crippen LogP contribution in [-0.2, 0) is 9.84 Å². The number of piperidine rings is 1. The van der Waals surface area contributed by atoms with Gasteiger partial charge in [0.2, 0.25) is 0 Å². The van der Waals surface area contributed by atoms with E-state index in [0.29, 0.717) is 17.7 Å². The minimum absolute atomic E-state index is 0.266. The van der Waals surface area contributed by atoms with E-state index < -0.39 is 9.84 Å². The van der Waals surface area contributed by atoms with Gasteiger partial charge < -0.3 is 5.73 Å². The number of likely N-dealkylation sites (tertiary alicyclic amines) is 1. The summed E-state index contributed by atoms with van der Waals surface area (Å²) in [7, 11) is -2.91. The van der Waals surface area contributed by atoms with Crippen molar-refractivity contribution in [3.05, 3.63) is 0 Å². The van der Waals surface area contributed by atoms with Crippen LogP contribution < -0.4 is 5.73 Å². The number of hydrogen-bond donors (Lipinski definition) is 1. The smallest absolute Gasteiger partial charge is 0.152 e. The molecule has 0 radical (unpaired) electrons. The highest BCUT2D eigenvalue weighted by atomic mass is 32.2. The second-order valence-corrected chi connectivity index (χ2v) is 9.00. The first kappa shape index (κ1) is 16.2. The summed E-state index contributed by atoms with van der Waals surface area (Å²) in [6, 6.07) is 0. The highest BCUT2D eigenvalue weighted by molar-refractivity contribution is 7.91. The maximum absolute atomic E-state index is 12.0. The molecular weight excluding hydrogens is 272 g/mol. The molecule has 20 heavy (non-hydrogen) atoms. The first-order valence-electron chi connectivity index (χ1n) is 8.06. The molecule has 1 unspecified atom stereocenters. The molecule has 0 aromatic carbocycles. The van der Waals surface area contributed by atoms with Gasteiger partial charge in [-0.1, -0.05) is 26.7 Å². The summed E-state index contributed by atoms with van der Waals surface area (Å²) < 4.78 is 24.1. The Labute approximate surface area is 124 Å². The fourth-order valence-electron chi connectivity index (χ4n) is 4.13. The van der Waals surface area contributed by atoms with Gasteiger partial charge in [0.15, 0.2) is 9.84 Å². The first-order chi connectivity index (χ1) is 9.41. The van der Waals surface area contributed by atoms with Gasteiger partial charge in [-0.3, -0.25) is 4.90 Å². The molecular formula is C15H30N2O2S. The maximum atomic E-state index is 12.0. The molecule has 2 N–H and O–H groups in total. The van der Waals surface area contributed by atoms with E-state index in [1.54, 1.807) is 0 Å². The van der Waals surface area contributed by atoms with E-state index in [1.807, 2.05) is 0 Å². The monoisotopic (exact) mass is 302 g/mol. The van der Waals surface area contributed by atoms with E-state index in [2.05, 4.69) is 18.7 Å². The molecule has 2 aliphatic rings. The van der Waals surface area contributed by atoms with Gasteiger partial charge in [-0.2, -0.15) is 0 Å². The van der Waals surface area contributed by atoms with Crippen LogP contribution in [0.3, 0.4) is 0 Å². The van der Waals surface area contributed by atoms with Crippen molar-refractivity contribution in [2.24, 2.45) is 11.1 Å². The Balaban J connectivity index is 2.11. The molecule has 1 atom stereocenters. The van der Waals surface area contributed by atoms with Crippen LogP contribution in [0.15, 0.2) is 0 Å². The van der Waals surface area contributed by atoms with Crippen LogP contribution in [0, 0.1) is 5.41 Å². The van der Waals surface area contributed by atoms with Crippen molar-refractivity contribution in [2.75, 3.05) is 31.1 Å². The van der Waals surface area contributed by atoms with Crippen LogP contribution >= 0.6 is 0 Å². The molecule has 0 saturated carbocycles. The lowest BCUT2D eigenvalue weighted by Crippen LogP contribution is -2.62. The highest BCUT2D eigenvalue weighted by Gasteiger charge is 2.45. The van der Waals surface area contributed by atoms with E-state index in [-0.39, 0.29) is 11.3 Å². The van der Waals surface area contributed by atoms with Crippen LogP contribution in [0.4, 0.5) is 0 Å². The zero-order chi connectivity index (χ0) is 14.9. The standard InChI is InChI=1S/C15H30N2O2S/c1-3-14(4-2)7-9-17(10-8-14)15(12-16)6-5-11-20(18,19)13-15/h3-13,16H2,1-2H3. The average Bonchev–Trinajstić information content (AvgIpc) is 2.46. The fourth-order valence-corrected chi connectivity index (χ4v) is 6.12. The quantitative estimate of drug-likeness (QED) is 0.860. The summed E-state index contributed by atoms with van der Waals surface area (Å²) in [6.07, 6.45) is 6.52. The topological polar surface area (TPSA) is 63.4 Å². The fraction of sp³-hybridized carbons (Fsp3) is 1.00. The van der Waals surface area contributed by atoms with Crippen molar-refractivity contribution < 1.29 is 8.42 Å². The van der Waals surface area contributed by atoms with Crippen molar-refractivity contribution in [1.29, 1.82) is 0 Å². The second kappa shape index (κ2) is 5.93. The SMILES string of the molecule is CCC1(CC)CCN(C2(CN)CCCS(=O)(=O)C2)CC1. The summed E-state index contributed by atoms with van der Waals surface area (Å²) >= 11 is 0. The summed E-state index contributed by atoms with van der Waals surface area (Å²) in [5, 5.41) is 0. The largest absolute Gasteiger partial charge is 0.329 e. The average molecular weight is 302 g/mol. The molecule has 0 spiro atoms. The summed E-state index contributed by atoms with van der Waals surface area (Å²) in [5.41, 5.74) is 6.20. The van der Waals surface area contributed by atoms with Gasteiger partial charge in [-0.15, -0.1) is 0 Å². The summed E-state index contributed by atoms with van der Waals surface area (Å²) in [5.74, 6) is 0.609. The molecule has 0 aliphatic carbocycles. The second-order valence-electron chi connectivity index (χ2n) is 6.82. The predicted molar refractivity (Wildman–Crippen MR) is 83.5 cm³/mol. The third-order valence-corrected chi connectivity index (χ3v) is 7.85. The molecule has 4 nitrogen and oxygen atoms in total. The minimum atomic E-state index is -2.91. The van der Waals surface area contributed by atoms with Gasteiger partial charge in [-0.25, -0.2) is 8.42 Å². The number of hydrogen-bond acceptors (Lipinski definition) is 4. The van der Waals surface area contributed by atoms with Crippen LogP contribution in [0.2, 0.25) is 0 Å². The Kier molecular flexibility index (Phi) is 4.82. The maximum Gasteiger partial charge on any atom is 0.152 e. The molecule has 0 amide bonds. The van der Waals surface area contributed by atoms with Gasteiger partial charge in [0.05, 0.1) is 11.5 Å². The predicted octanol–water partition coefficient (Wildman–Crippen LogP) is 1.79. The third-order valence-electron chi connectivity index (χ3n) is 5.96. The van der Waals surface area contributed by atoms with Gasteiger partial charge >= 0.3 is 0 Å². The molecule has 2 rings (SSSR count).